The van der Waals surface area contributed by atoms with Crippen LogP contribution in [0, 0.1) is 11.3 Å². The number of hydrogen-bond donors (Lipinski definition) is 2. The van der Waals surface area contributed by atoms with Crippen LogP contribution in [0.5, 0.6) is 0 Å². The van der Waals surface area contributed by atoms with Crippen molar-refractivity contribution in [2.45, 2.75) is 52.8 Å². The molecule has 1 aliphatic heterocycles. The summed E-state index contributed by atoms with van der Waals surface area (Å²) in [6, 6.07) is 10.5. The summed E-state index contributed by atoms with van der Waals surface area (Å²) in [7, 11) is 1.82. The molecule has 6 heteroatoms. The van der Waals surface area contributed by atoms with E-state index >= 15 is 0 Å². The molecule has 2 aromatic rings. The third-order valence-corrected chi connectivity index (χ3v) is 5.41. The Morgan fingerprint density at radius 1 is 1.24 bits per heavy atom. The van der Waals surface area contributed by atoms with Gasteiger partial charge in [-0.25, -0.2) is 0 Å². The van der Waals surface area contributed by atoms with Crippen LogP contribution in [0.1, 0.15) is 44.7 Å². The average Bonchev–Trinajstić information content (AvgIpc) is 3.21. The number of rotatable bonds is 6. The van der Waals surface area contributed by atoms with E-state index in [2.05, 4.69) is 65.8 Å². The van der Waals surface area contributed by atoms with Gasteiger partial charge in [-0.2, -0.15) is 5.10 Å². The molecule has 0 aliphatic carbocycles. The minimum atomic E-state index is 0.152. The van der Waals surface area contributed by atoms with Crippen molar-refractivity contribution in [1.82, 2.24) is 20.4 Å². The van der Waals surface area contributed by atoms with Gasteiger partial charge in [0, 0.05) is 45.1 Å². The first-order valence-electron chi connectivity index (χ1n) is 10.6. The molecule has 1 fully saturated rings. The minimum absolute atomic E-state index is 0.152. The zero-order valence-corrected chi connectivity index (χ0v) is 18.2. The van der Waals surface area contributed by atoms with E-state index in [1.165, 1.54) is 17.5 Å². The molecule has 158 valence electrons. The molecule has 2 N–H and O–H groups in total. The van der Waals surface area contributed by atoms with Gasteiger partial charge in [0.2, 0.25) is 0 Å². The fraction of sp³-hybridized carbons (Fsp3) is 0.565. The number of nitrogens with zero attached hydrogens (tertiary/aromatic N) is 3. The second kappa shape index (κ2) is 9.92. The van der Waals surface area contributed by atoms with Crippen molar-refractivity contribution >= 4 is 5.96 Å². The summed E-state index contributed by atoms with van der Waals surface area (Å²) in [6.45, 7) is 10.1. The number of aromatic nitrogens is 2. The fourth-order valence-corrected chi connectivity index (χ4v) is 4.06. The van der Waals surface area contributed by atoms with E-state index in [0.29, 0.717) is 5.92 Å². The second-order valence-electron chi connectivity index (χ2n) is 8.89. The van der Waals surface area contributed by atoms with Crippen LogP contribution in [0.3, 0.4) is 0 Å². The number of ether oxygens (including phenoxy) is 1. The molecule has 3 rings (SSSR count). The summed E-state index contributed by atoms with van der Waals surface area (Å²) in [6.07, 6.45) is 6.40. The number of aliphatic imine (C=N–C) groups is 1. The molecule has 0 bridgehead atoms. The summed E-state index contributed by atoms with van der Waals surface area (Å²) in [5.74, 6) is 1.33. The highest BCUT2D eigenvalue weighted by atomic mass is 16.5. The maximum absolute atomic E-state index is 6.10. The molecule has 1 aromatic heterocycles. The Kier molecular flexibility index (Phi) is 7.31. The van der Waals surface area contributed by atoms with E-state index in [-0.39, 0.29) is 11.5 Å². The van der Waals surface area contributed by atoms with Crippen molar-refractivity contribution in [2.24, 2.45) is 16.3 Å². The van der Waals surface area contributed by atoms with Crippen LogP contribution in [0.2, 0.25) is 0 Å². The van der Waals surface area contributed by atoms with Crippen molar-refractivity contribution in [3.8, 4) is 0 Å². The van der Waals surface area contributed by atoms with Crippen LogP contribution in [0.25, 0.3) is 0 Å². The molecule has 1 aromatic carbocycles. The van der Waals surface area contributed by atoms with Crippen LogP contribution in [0.4, 0.5) is 0 Å². The molecule has 1 saturated heterocycles. The van der Waals surface area contributed by atoms with Crippen LogP contribution in [0.15, 0.2) is 47.7 Å². The maximum atomic E-state index is 6.10. The van der Waals surface area contributed by atoms with Gasteiger partial charge in [-0.05, 0) is 35.4 Å². The van der Waals surface area contributed by atoms with Gasteiger partial charge in [0.15, 0.2) is 5.96 Å². The average molecular weight is 398 g/mol. The first-order chi connectivity index (χ1) is 14.0. The molecule has 2 heterocycles. The Morgan fingerprint density at radius 3 is 2.79 bits per heavy atom. The third-order valence-electron chi connectivity index (χ3n) is 5.41. The summed E-state index contributed by atoms with van der Waals surface area (Å²) in [4.78, 5) is 4.40. The monoisotopic (exact) mass is 397 g/mol. The van der Waals surface area contributed by atoms with Gasteiger partial charge < -0.3 is 15.4 Å². The van der Waals surface area contributed by atoms with Gasteiger partial charge in [0.1, 0.15) is 0 Å². The Balaban J connectivity index is 1.51. The van der Waals surface area contributed by atoms with Gasteiger partial charge in [0.05, 0.1) is 12.6 Å². The lowest BCUT2D eigenvalue weighted by Gasteiger charge is -2.40. The van der Waals surface area contributed by atoms with Gasteiger partial charge >= 0.3 is 0 Å². The Morgan fingerprint density at radius 2 is 2.07 bits per heavy atom. The molecule has 1 aliphatic rings. The van der Waals surface area contributed by atoms with Crippen molar-refractivity contribution in [2.75, 3.05) is 20.2 Å². The molecule has 6 nitrogen and oxygen atoms in total. The SMILES string of the molecule is CN=C(NCc1cccc(Cn2cccn2)c1)NCC1CCCOC1C(C)(C)C. The summed E-state index contributed by atoms with van der Waals surface area (Å²) in [5, 5.41) is 11.2. The molecule has 0 amide bonds. The predicted octanol–water partition coefficient (Wildman–Crippen LogP) is 3.44. The Bertz CT molecular complexity index is 779. The van der Waals surface area contributed by atoms with Crippen molar-refractivity contribution in [3.05, 3.63) is 53.9 Å². The molecule has 0 radical (unpaired) electrons. The normalized spacial score (nSPS) is 20.5. The lowest BCUT2D eigenvalue weighted by molar-refractivity contribution is -0.0835. The van der Waals surface area contributed by atoms with E-state index in [9.17, 15) is 0 Å². The highest BCUT2D eigenvalue weighted by Gasteiger charge is 2.35. The lowest BCUT2D eigenvalue weighted by Crippen LogP contribution is -2.47. The van der Waals surface area contributed by atoms with Gasteiger partial charge in [0.25, 0.3) is 0 Å². The quantitative estimate of drug-likeness (QED) is 0.579. The first-order valence-corrected chi connectivity index (χ1v) is 10.6. The summed E-state index contributed by atoms with van der Waals surface area (Å²) < 4.78 is 8.03. The maximum Gasteiger partial charge on any atom is 0.191 e. The van der Waals surface area contributed by atoms with Gasteiger partial charge in [-0.3, -0.25) is 9.67 Å². The Hall–Kier alpha value is -2.34. The molecule has 2 unspecified atom stereocenters. The highest BCUT2D eigenvalue weighted by molar-refractivity contribution is 5.79. The first kappa shape index (κ1) is 21.4. The minimum Gasteiger partial charge on any atom is -0.377 e. The van der Waals surface area contributed by atoms with E-state index in [1.54, 1.807) is 0 Å². The van der Waals surface area contributed by atoms with Crippen molar-refractivity contribution < 1.29 is 4.74 Å². The van der Waals surface area contributed by atoms with Crippen LogP contribution >= 0.6 is 0 Å². The zero-order chi connectivity index (χ0) is 20.7. The lowest BCUT2D eigenvalue weighted by atomic mass is 9.78. The third kappa shape index (κ3) is 6.32. The topological polar surface area (TPSA) is 63.5 Å². The number of guanidine groups is 1. The van der Waals surface area contributed by atoms with Gasteiger partial charge in [-0.15, -0.1) is 0 Å². The Labute approximate surface area is 174 Å². The van der Waals surface area contributed by atoms with E-state index < -0.39 is 0 Å². The summed E-state index contributed by atoms with van der Waals surface area (Å²) >= 11 is 0. The molecule has 0 spiro atoms. The molecule has 2 atom stereocenters. The standard InChI is InChI=1S/C23H35N5O/c1-23(2,3)21-20(10-6-13-29-21)16-26-22(24-4)25-15-18-8-5-9-19(14-18)17-28-12-7-11-27-28/h5,7-9,11-12,14,20-21H,6,10,13,15-17H2,1-4H3,(H2,24,25,26). The molecular formula is C23H35N5O. The second-order valence-corrected chi connectivity index (χ2v) is 8.89. The molecule has 0 saturated carbocycles. The fourth-order valence-electron chi connectivity index (χ4n) is 4.06. The number of nitrogens with one attached hydrogen (secondary N) is 2. The molecule has 29 heavy (non-hydrogen) atoms. The highest BCUT2D eigenvalue weighted by Crippen LogP contribution is 2.33. The zero-order valence-electron chi connectivity index (χ0n) is 18.2. The van der Waals surface area contributed by atoms with Crippen LogP contribution in [-0.2, 0) is 17.8 Å². The van der Waals surface area contributed by atoms with Crippen LogP contribution in [-0.4, -0.2) is 42.0 Å². The van der Waals surface area contributed by atoms with Crippen LogP contribution < -0.4 is 10.6 Å². The summed E-state index contributed by atoms with van der Waals surface area (Å²) in [5.41, 5.74) is 2.62. The largest absolute Gasteiger partial charge is 0.377 e. The van der Waals surface area contributed by atoms with Crippen molar-refractivity contribution in [3.63, 3.8) is 0 Å². The van der Waals surface area contributed by atoms with E-state index in [1.807, 2.05) is 30.2 Å². The predicted molar refractivity (Wildman–Crippen MR) is 118 cm³/mol. The van der Waals surface area contributed by atoms with Gasteiger partial charge in [-0.1, -0.05) is 45.0 Å². The number of hydrogen-bond acceptors (Lipinski definition) is 3. The smallest absolute Gasteiger partial charge is 0.191 e. The number of benzene rings is 1. The van der Waals surface area contributed by atoms with E-state index in [0.717, 1.165) is 38.6 Å². The molecular weight excluding hydrogens is 362 g/mol. The van der Waals surface area contributed by atoms with E-state index in [4.69, 9.17) is 4.74 Å². The van der Waals surface area contributed by atoms with Crippen molar-refractivity contribution in [1.29, 1.82) is 0 Å².